The fourth-order valence-corrected chi connectivity index (χ4v) is 3.03. The molecule has 1 atom stereocenters. The smallest absolute Gasteiger partial charge is 0.418 e. The lowest BCUT2D eigenvalue weighted by Crippen LogP contribution is -2.21. The molecule has 1 fully saturated rings. The molecular weight excluding hydrogens is 263 g/mol. The van der Waals surface area contributed by atoms with Crippen LogP contribution in [0.1, 0.15) is 12.0 Å². The van der Waals surface area contributed by atoms with E-state index in [0.29, 0.717) is 0 Å². The minimum Gasteiger partial charge on any atom is -0.497 e. The Bertz CT molecular complexity index is 416. The highest BCUT2D eigenvalue weighted by Gasteiger charge is 2.34. The fraction of sp³-hybridized carbons (Fsp3) is 0.500. The van der Waals surface area contributed by atoms with Crippen LogP contribution in [0.15, 0.2) is 18.2 Å². The van der Waals surface area contributed by atoms with Gasteiger partial charge >= 0.3 is 6.18 Å². The van der Waals surface area contributed by atoms with Gasteiger partial charge in [0, 0.05) is 17.5 Å². The third kappa shape index (κ3) is 3.04. The summed E-state index contributed by atoms with van der Waals surface area (Å²) in [6.45, 7) is 0. The lowest BCUT2D eigenvalue weighted by molar-refractivity contribution is -0.137. The number of thioether (sulfide) groups is 1. The number of rotatable bonds is 3. The number of halogens is 3. The predicted molar refractivity (Wildman–Crippen MR) is 67.3 cm³/mol. The SMILES string of the molecule is COc1ccc(NC2CCSC2)c(C(F)(F)F)c1. The zero-order valence-corrected chi connectivity index (χ0v) is 10.7. The van der Waals surface area contributed by atoms with Crippen LogP contribution in [0, 0.1) is 0 Å². The molecule has 1 saturated heterocycles. The number of benzene rings is 1. The molecule has 0 saturated carbocycles. The molecule has 1 aromatic rings. The van der Waals surface area contributed by atoms with Crippen LogP contribution in [-0.4, -0.2) is 24.7 Å². The first kappa shape index (κ1) is 13.4. The average molecular weight is 277 g/mol. The van der Waals surface area contributed by atoms with Crippen molar-refractivity contribution in [2.24, 2.45) is 0 Å². The number of anilines is 1. The van der Waals surface area contributed by atoms with Crippen molar-refractivity contribution in [2.45, 2.75) is 18.6 Å². The summed E-state index contributed by atoms with van der Waals surface area (Å²) in [4.78, 5) is 0. The Morgan fingerprint density at radius 2 is 2.17 bits per heavy atom. The third-order valence-corrected chi connectivity index (χ3v) is 3.98. The second-order valence-electron chi connectivity index (χ2n) is 4.11. The van der Waals surface area contributed by atoms with Crippen LogP contribution < -0.4 is 10.1 Å². The Labute approximate surface area is 108 Å². The van der Waals surface area contributed by atoms with Gasteiger partial charge in [-0.15, -0.1) is 0 Å². The third-order valence-electron chi connectivity index (χ3n) is 2.82. The van der Waals surface area contributed by atoms with Crippen molar-refractivity contribution < 1.29 is 17.9 Å². The summed E-state index contributed by atoms with van der Waals surface area (Å²) in [5.74, 6) is 2.06. The maximum atomic E-state index is 12.9. The fourth-order valence-electron chi connectivity index (χ4n) is 1.88. The van der Waals surface area contributed by atoms with E-state index in [2.05, 4.69) is 5.32 Å². The maximum Gasteiger partial charge on any atom is 0.418 e. The van der Waals surface area contributed by atoms with E-state index in [1.54, 1.807) is 17.8 Å². The Morgan fingerprint density at radius 1 is 1.39 bits per heavy atom. The van der Waals surface area contributed by atoms with Crippen LogP contribution >= 0.6 is 11.8 Å². The highest BCUT2D eigenvalue weighted by atomic mass is 32.2. The quantitative estimate of drug-likeness (QED) is 0.911. The van der Waals surface area contributed by atoms with Gasteiger partial charge in [-0.05, 0) is 30.4 Å². The highest BCUT2D eigenvalue weighted by molar-refractivity contribution is 7.99. The molecule has 0 radical (unpaired) electrons. The van der Waals surface area contributed by atoms with E-state index < -0.39 is 11.7 Å². The molecule has 18 heavy (non-hydrogen) atoms. The molecule has 0 spiro atoms. The van der Waals surface area contributed by atoms with Crippen molar-refractivity contribution in [3.8, 4) is 5.75 Å². The molecule has 1 N–H and O–H groups in total. The van der Waals surface area contributed by atoms with E-state index >= 15 is 0 Å². The minimum absolute atomic E-state index is 0.115. The molecular formula is C12H14F3NOS. The van der Waals surface area contributed by atoms with Gasteiger partial charge in [0.25, 0.3) is 0 Å². The summed E-state index contributed by atoms with van der Waals surface area (Å²) in [7, 11) is 1.36. The molecule has 0 amide bonds. The van der Waals surface area contributed by atoms with Crippen molar-refractivity contribution in [1.29, 1.82) is 0 Å². The van der Waals surface area contributed by atoms with Crippen molar-refractivity contribution in [3.63, 3.8) is 0 Å². The molecule has 1 aliphatic rings. The normalized spacial score (nSPS) is 19.9. The number of nitrogens with one attached hydrogen (secondary N) is 1. The molecule has 1 unspecified atom stereocenters. The zero-order valence-electron chi connectivity index (χ0n) is 9.88. The second kappa shape index (κ2) is 5.30. The van der Waals surface area contributed by atoms with Gasteiger partial charge < -0.3 is 10.1 Å². The van der Waals surface area contributed by atoms with Crippen LogP contribution in [0.3, 0.4) is 0 Å². The van der Waals surface area contributed by atoms with E-state index in [9.17, 15) is 13.2 Å². The highest BCUT2D eigenvalue weighted by Crippen LogP contribution is 2.38. The second-order valence-corrected chi connectivity index (χ2v) is 5.26. The van der Waals surface area contributed by atoms with Crippen molar-refractivity contribution in [3.05, 3.63) is 23.8 Å². The van der Waals surface area contributed by atoms with Crippen LogP contribution in [-0.2, 0) is 6.18 Å². The molecule has 0 aliphatic carbocycles. The van der Waals surface area contributed by atoms with Gasteiger partial charge in [-0.3, -0.25) is 0 Å². The lowest BCUT2D eigenvalue weighted by Gasteiger charge is -2.19. The summed E-state index contributed by atoms with van der Waals surface area (Å²) >= 11 is 1.75. The van der Waals surface area contributed by atoms with Gasteiger partial charge in [0.1, 0.15) is 5.75 Å². The maximum absolute atomic E-state index is 12.9. The first-order valence-electron chi connectivity index (χ1n) is 5.60. The van der Waals surface area contributed by atoms with Crippen LogP contribution in [0.5, 0.6) is 5.75 Å². The summed E-state index contributed by atoms with van der Waals surface area (Å²) < 4.78 is 43.7. The molecule has 1 aromatic carbocycles. The average Bonchev–Trinajstić information content (AvgIpc) is 2.81. The van der Waals surface area contributed by atoms with Gasteiger partial charge in [0.05, 0.1) is 12.7 Å². The monoisotopic (exact) mass is 277 g/mol. The molecule has 2 rings (SSSR count). The van der Waals surface area contributed by atoms with Gasteiger partial charge in [0.15, 0.2) is 0 Å². The van der Waals surface area contributed by atoms with E-state index in [1.807, 2.05) is 0 Å². The van der Waals surface area contributed by atoms with Crippen LogP contribution in [0.4, 0.5) is 18.9 Å². The Hall–Kier alpha value is -1.04. The summed E-state index contributed by atoms with van der Waals surface area (Å²) in [6, 6.07) is 4.12. The lowest BCUT2D eigenvalue weighted by atomic mass is 10.1. The standard InChI is InChI=1S/C12H14F3NOS/c1-17-9-2-3-11(10(6-9)12(13,14)15)16-8-4-5-18-7-8/h2-3,6,8,16H,4-5,7H2,1H3. The largest absolute Gasteiger partial charge is 0.497 e. The van der Waals surface area contributed by atoms with E-state index in [4.69, 9.17) is 4.74 Å². The minimum atomic E-state index is -4.37. The molecule has 0 bridgehead atoms. The number of hydrogen-bond acceptors (Lipinski definition) is 3. The molecule has 2 nitrogen and oxygen atoms in total. The number of alkyl halides is 3. The molecule has 1 aliphatic heterocycles. The van der Waals surface area contributed by atoms with E-state index in [-0.39, 0.29) is 17.5 Å². The van der Waals surface area contributed by atoms with Gasteiger partial charge in [-0.1, -0.05) is 0 Å². The summed E-state index contributed by atoms with van der Waals surface area (Å²) in [6.07, 6.45) is -3.48. The Balaban J connectivity index is 2.27. The topological polar surface area (TPSA) is 21.3 Å². The van der Waals surface area contributed by atoms with Gasteiger partial charge in [0.2, 0.25) is 0 Å². The summed E-state index contributed by atoms with van der Waals surface area (Å²) in [5.41, 5.74) is -0.533. The van der Waals surface area contributed by atoms with Crippen molar-refractivity contribution >= 4 is 17.4 Å². The van der Waals surface area contributed by atoms with Crippen LogP contribution in [0.25, 0.3) is 0 Å². The van der Waals surface area contributed by atoms with Gasteiger partial charge in [-0.25, -0.2) is 0 Å². The first-order chi connectivity index (χ1) is 8.50. The number of hydrogen-bond donors (Lipinski definition) is 1. The Morgan fingerprint density at radius 3 is 2.72 bits per heavy atom. The Kier molecular flexibility index (Phi) is 3.94. The first-order valence-corrected chi connectivity index (χ1v) is 6.75. The van der Waals surface area contributed by atoms with Crippen LogP contribution in [0.2, 0.25) is 0 Å². The molecule has 6 heteroatoms. The van der Waals surface area contributed by atoms with Crippen molar-refractivity contribution in [2.75, 3.05) is 23.9 Å². The van der Waals surface area contributed by atoms with E-state index in [0.717, 1.165) is 24.0 Å². The zero-order chi connectivity index (χ0) is 13.2. The number of methoxy groups -OCH3 is 1. The predicted octanol–water partition coefficient (Wildman–Crippen LogP) is 3.63. The van der Waals surface area contributed by atoms with E-state index in [1.165, 1.54) is 13.2 Å². The molecule has 0 aromatic heterocycles. The summed E-state index contributed by atoms with van der Waals surface area (Å²) in [5, 5.41) is 2.97. The number of ether oxygens (including phenoxy) is 1. The van der Waals surface area contributed by atoms with Crippen molar-refractivity contribution in [1.82, 2.24) is 0 Å². The molecule has 100 valence electrons. The van der Waals surface area contributed by atoms with Gasteiger partial charge in [-0.2, -0.15) is 24.9 Å². The molecule has 1 heterocycles.